The molecule has 180 valence electrons. The molecule has 1 aliphatic heterocycles. The summed E-state index contributed by atoms with van der Waals surface area (Å²) in [5.41, 5.74) is 3.35. The van der Waals surface area contributed by atoms with Gasteiger partial charge in [-0.3, -0.25) is 9.59 Å². The van der Waals surface area contributed by atoms with Crippen LogP contribution < -0.4 is 20.9 Å². The van der Waals surface area contributed by atoms with Crippen molar-refractivity contribution in [3.63, 3.8) is 0 Å². The van der Waals surface area contributed by atoms with Crippen LogP contribution in [-0.2, 0) is 14.3 Å². The van der Waals surface area contributed by atoms with Gasteiger partial charge in [-0.2, -0.15) is 0 Å². The number of morpholine rings is 1. The predicted molar refractivity (Wildman–Crippen MR) is 136 cm³/mol. The van der Waals surface area contributed by atoms with Gasteiger partial charge >= 0.3 is 6.03 Å². The number of carbonyl (C=O) groups is 3. The van der Waals surface area contributed by atoms with Crippen LogP contribution in [0.4, 0.5) is 21.9 Å². The van der Waals surface area contributed by atoms with Crippen LogP contribution in [0, 0.1) is 6.92 Å². The number of hydrogen-bond donors (Lipinski definition) is 3. The van der Waals surface area contributed by atoms with Crippen molar-refractivity contribution in [3.05, 3.63) is 88.9 Å². The number of anilines is 3. The van der Waals surface area contributed by atoms with Gasteiger partial charge in [0.15, 0.2) is 0 Å². The molecule has 1 fully saturated rings. The van der Waals surface area contributed by atoms with E-state index in [1.807, 2.05) is 25.1 Å². The molecule has 1 aliphatic rings. The van der Waals surface area contributed by atoms with E-state index in [9.17, 15) is 14.4 Å². The van der Waals surface area contributed by atoms with Crippen molar-refractivity contribution in [2.45, 2.75) is 13.0 Å². The van der Waals surface area contributed by atoms with Crippen LogP contribution in [0.2, 0.25) is 5.02 Å². The monoisotopic (exact) mass is 492 g/mol. The third-order valence-corrected chi connectivity index (χ3v) is 5.82. The Kier molecular flexibility index (Phi) is 7.64. The van der Waals surface area contributed by atoms with E-state index in [2.05, 4.69) is 16.0 Å². The summed E-state index contributed by atoms with van der Waals surface area (Å²) in [5, 5.41) is 8.90. The molecule has 0 unspecified atom stereocenters. The van der Waals surface area contributed by atoms with Crippen molar-refractivity contribution in [2.24, 2.45) is 0 Å². The highest BCUT2D eigenvalue weighted by atomic mass is 35.5. The smallest absolute Gasteiger partial charge is 0.320 e. The first-order valence-electron chi connectivity index (χ1n) is 11.1. The second-order valence-corrected chi connectivity index (χ2v) is 8.47. The second-order valence-electron chi connectivity index (χ2n) is 8.03. The zero-order chi connectivity index (χ0) is 24.8. The van der Waals surface area contributed by atoms with Gasteiger partial charge in [-0.25, -0.2) is 4.79 Å². The van der Waals surface area contributed by atoms with Crippen molar-refractivity contribution in [1.29, 1.82) is 0 Å². The van der Waals surface area contributed by atoms with E-state index in [1.54, 1.807) is 59.5 Å². The van der Waals surface area contributed by atoms with Gasteiger partial charge in [0.2, 0.25) is 0 Å². The average molecular weight is 493 g/mol. The molecular weight excluding hydrogens is 468 g/mol. The van der Waals surface area contributed by atoms with Gasteiger partial charge in [0.05, 0.1) is 6.61 Å². The number of amides is 4. The standard InChI is InChI=1S/C26H25ClN4O4/c1-17-4-2-3-5-22(17)24(30-26(34)29-20-8-6-18(27)7-9-20)25(33)28-19-10-12-21(13-11-19)31-14-15-35-16-23(31)32/h2-13,24H,14-16H2,1H3,(H,28,33)(H2,29,30,34)/t24-/m0/s1. The molecule has 8 nitrogen and oxygen atoms in total. The molecule has 1 saturated heterocycles. The molecule has 35 heavy (non-hydrogen) atoms. The minimum atomic E-state index is -0.941. The highest BCUT2D eigenvalue weighted by molar-refractivity contribution is 6.30. The Morgan fingerprint density at radius 2 is 1.60 bits per heavy atom. The Morgan fingerprint density at radius 3 is 2.29 bits per heavy atom. The fourth-order valence-corrected chi connectivity index (χ4v) is 3.88. The molecule has 0 spiro atoms. The Labute approximate surface area is 208 Å². The topological polar surface area (TPSA) is 99.8 Å². The number of ether oxygens (including phenoxy) is 1. The van der Waals surface area contributed by atoms with Crippen LogP contribution in [0.1, 0.15) is 17.2 Å². The molecular formula is C26H25ClN4O4. The molecule has 1 heterocycles. The molecule has 3 aromatic carbocycles. The lowest BCUT2D eigenvalue weighted by Gasteiger charge is -2.27. The minimum absolute atomic E-state index is 0.0559. The Morgan fingerprint density at radius 1 is 0.943 bits per heavy atom. The summed E-state index contributed by atoms with van der Waals surface area (Å²) < 4.78 is 5.17. The summed E-state index contributed by atoms with van der Waals surface area (Å²) in [6, 6.07) is 19.5. The lowest BCUT2D eigenvalue weighted by atomic mass is 10.0. The summed E-state index contributed by atoms with van der Waals surface area (Å²) >= 11 is 5.90. The minimum Gasteiger partial charge on any atom is -0.370 e. The molecule has 1 atom stereocenters. The van der Waals surface area contributed by atoms with Crippen LogP contribution in [-0.4, -0.2) is 37.6 Å². The number of urea groups is 1. The van der Waals surface area contributed by atoms with E-state index >= 15 is 0 Å². The third-order valence-electron chi connectivity index (χ3n) is 5.57. The molecule has 0 radical (unpaired) electrons. The summed E-state index contributed by atoms with van der Waals surface area (Å²) in [4.78, 5) is 39.7. The van der Waals surface area contributed by atoms with Gasteiger partial charge in [0.25, 0.3) is 11.8 Å². The zero-order valence-electron chi connectivity index (χ0n) is 19.1. The first-order chi connectivity index (χ1) is 16.9. The predicted octanol–water partition coefficient (Wildman–Crippen LogP) is 4.51. The van der Waals surface area contributed by atoms with Crippen molar-refractivity contribution < 1.29 is 19.1 Å². The van der Waals surface area contributed by atoms with E-state index in [1.165, 1.54) is 0 Å². The zero-order valence-corrected chi connectivity index (χ0v) is 19.8. The van der Waals surface area contributed by atoms with Gasteiger partial charge in [-0.1, -0.05) is 35.9 Å². The Balaban J connectivity index is 1.49. The summed E-state index contributed by atoms with van der Waals surface area (Å²) in [6.07, 6.45) is 0. The molecule has 0 bridgehead atoms. The molecule has 0 aromatic heterocycles. The third kappa shape index (κ3) is 6.17. The van der Waals surface area contributed by atoms with Gasteiger partial charge in [0.1, 0.15) is 12.6 Å². The summed E-state index contributed by atoms with van der Waals surface area (Å²) in [7, 11) is 0. The van der Waals surface area contributed by atoms with Crippen LogP contribution >= 0.6 is 11.6 Å². The van der Waals surface area contributed by atoms with Gasteiger partial charge < -0.3 is 25.6 Å². The van der Waals surface area contributed by atoms with Crippen LogP contribution in [0.3, 0.4) is 0 Å². The Hall–Kier alpha value is -3.88. The molecule has 3 N–H and O–H groups in total. The maximum Gasteiger partial charge on any atom is 0.320 e. The first kappa shape index (κ1) is 24.3. The van der Waals surface area contributed by atoms with Crippen molar-refractivity contribution >= 4 is 46.5 Å². The van der Waals surface area contributed by atoms with E-state index in [0.717, 1.165) is 11.3 Å². The van der Waals surface area contributed by atoms with Crippen LogP contribution in [0.15, 0.2) is 72.8 Å². The fraction of sp³-hybridized carbons (Fsp3) is 0.192. The molecule has 0 saturated carbocycles. The van der Waals surface area contributed by atoms with Gasteiger partial charge in [0, 0.05) is 28.6 Å². The summed E-state index contributed by atoms with van der Waals surface area (Å²) in [6.45, 7) is 2.89. The highest BCUT2D eigenvalue weighted by Gasteiger charge is 2.25. The quantitative estimate of drug-likeness (QED) is 0.471. The summed E-state index contributed by atoms with van der Waals surface area (Å²) in [5.74, 6) is -0.510. The fourth-order valence-electron chi connectivity index (χ4n) is 3.76. The van der Waals surface area contributed by atoms with Crippen LogP contribution in [0.25, 0.3) is 0 Å². The number of nitrogens with one attached hydrogen (secondary N) is 3. The lowest BCUT2D eigenvalue weighted by molar-refractivity contribution is -0.125. The van der Waals surface area contributed by atoms with Crippen LogP contribution in [0.5, 0.6) is 0 Å². The van der Waals surface area contributed by atoms with Crippen molar-refractivity contribution in [2.75, 3.05) is 35.3 Å². The number of rotatable bonds is 6. The normalized spacial score (nSPS) is 14.2. The number of carbonyl (C=O) groups excluding carboxylic acids is 3. The Bertz CT molecular complexity index is 1210. The first-order valence-corrected chi connectivity index (χ1v) is 11.5. The second kappa shape index (κ2) is 11.0. The largest absolute Gasteiger partial charge is 0.370 e. The average Bonchev–Trinajstić information content (AvgIpc) is 2.85. The number of hydrogen-bond acceptors (Lipinski definition) is 4. The SMILES string of the molecule is Cc1ccccc1[C@H](NC(=O)Nc1ccc(Cl)cc1)C(=O)Nc1ccc(N2CCOCC2=O)cc1. The number of nitrogens with zero attached hydrogens (tertiary/aromatic N) is 1. The number of halogens is 1. The molecule has 9 heteroatoms. The van der Waals surface area contributed by atoms with E-state index in [-0.39, 0.29) is 12.5 Å². The number of benzene rings is 3. The van der Waals surface area contributed by atoms with Crippen molar-refractivity contribution in [1.82, 2.24) is 5.32 Å². The lowest BCUT2D eigenvalue weighted by Crippen LogP contribution is -2.41. The maximum absolute atomic E-state index is 13.3. The van der Waals surface area contributed by atoms with E-state index in [0.29, 0.717) is 35.1 Å². The van der Waals surface area contributed by atoms with Gasteiger partial charge in [-0.05, 0) is 66.6 Å². The molecule has 4 amide bonds. The number of aryl methyl sites for hydroxylation is 1. The maximum atomic E-state index is 13.3. The molecule has 4 rings (SSSR count). The van der Waals surface area contributed by atoms with Gasteiger partial charge in [-0.15, -0.1) is 0 Å². The highest BCUT2D eigenvalue weighted by Crippen LogP contribution is 2.23. The molecule has 3 aromatic rings. The van der Waals surface area contributed by atoms with Crippen molar-refractivity contribution in [3.8, 4) is 0 Å². The molecule has 0 aliphatic carbocycles. The van der Waals surface area contributed by atoms with E-state index in [4.69, 9.17) is 16.3 Å². The van der Waals surface area contributed by atoms with E-state index < -0.39 is 18.0 Å².